The van der Waals surface area contributed by atoms with Gasteiger partial charge in [0.2, 0.25) is 11.7 Å². The van der Waals surface area contributed by atoms with Gasteiger partial charge in [0.1, 0.15) is 6.61 Å². The molecular formula is C15H13N3O3S. The Kier molecular flexibility index (Phi) is 4.55. The summed E-state index contributed by atoms with van der Waals surface area (Å²) in [6, 6.07) is 7.38. The number of aryl methyl sites for hydroxylation is 1. The molecule has 0 aliphatic heterocycles. The van der Waals surface area contributed by atoms with Crippen LogP contribution in [0.4, 0.5) is 0 Å². The summed E-state index contributed by atoms with van der Waals surface area (Å²) in [5.41, 5.74) is 1.63. The molecule has 0 aromatic carbocycles. The molecule has 0 N–H and O–H groups in total. The van der Waals surface area contributed by atoms with Crippen LogP contribution in [0.3, 0.4) is 0 Å². The first kappa shape index (κ1) is 14.4. The zero-order valence-electron chi connectivity index (χ0n) is 11.6. The molecule has 0 unspecified atom stereocenters. The monoisotopic (exact) mass is 315 g/mol. The lowest BCUT2D eigenvalue weighted by atomic mass is 10.3. The van der Waals surface area contributed by atoms with Crippen LogP contribution in [-0.4, -0.2) is 21.1 Å². The largest absolute Gasteiger partial charge is 0.459 e. The summed E-state index contributed by atoms with van der Waals surface area (Å²) in [7, 11) is 0. The number of carbonyl (C=O) groups excluding carboxylic acids is 1. The van der Waals surface area contributed by atoms with Gasteiger partial charge in [-0.05, 0) is 23.6 Å². The van der Waals surface area contributed by atoms with Crippen LogP contribution in [0.1, 0.15) is 18.0 Å². The van der Waals surface area contributed by atoms with Crippen molar-refractivity contribution in [2.75, 3.05) is 0 Å². The van der Waals surface area contributed by atoms with Crippen molar-refractivity contribution in [1.29, 1.82) is 0 Å². The molecule has 3 aromatic heterocycles. The molecule has 0 aliphatic rings. The topological polar surface area (TPSA) is 78.1 Å². The van der Waals surface area contributed by atoms with E-state index in [1.165, 1.54) is 0 Å². The predicted molar refractivity (Wildman–Crippen MR) is 80.0 cm³/mol. The van der Waals surface area contributed by atoms with Gasteiger partial charge in [-0.2, -0.15) is 16.3 Å². The summed E-state index contributed by atoms with van der Waals surface area (Å²) in [6.07, 6.45) is 2.21. The Hall–Kier alpha value is -2.54. The van der Waals surface area contributed by atoms with Gasteiger partial charge in [-0.3, -0.25) is 9.78 Å². The van der Waals surface area contributed by atoms with E-state index in [9.17, 15) is 4.79 Å². The Morgan fingerprint density at radius 1 is 1.32 bits per heavy atom. The van der Waals surface area contributed by atoms with Crippen molar-refractivity contribution >= 4 is 17.3 Å². The van der Waals surface area contributed by atoms with E-state index in [0.29, 0.717) is 23.8 Å². The number of thiophene rings is 1. The fraction of sp³-hybridized carbons (Fsp3) is 0.200. The number of hydrogen-bond donors (Lipinski definition) is 0. The average molecular weight is 315 g/mol. The van der Waals surface area contributed by atoms with E-state index in [-0.39, 0.29) is 19.0 Å². The second kappa shape index (κ2) is 6.95. The molecule has 0 bridgehead atoms. The molecule has 0 atom stereocenters. The van der Waals surface area contributed by atoms with Crippen LogP contribution in [0.25, 0.3) is 11.4 Å². The molecule has 0 saturated heterocycles. The number of nitrogens with zero attached hydrogens (tertiary/aromatic N) is 3. The first-order valence-electron chi connectivity index (χ1n) is 6.72. The summed E-state index contributed by atoms with van der Waals surface area (Å²) in [5, 5.41) is 7.77. The van der Waals surface area contributed by atoms with Crippen LogP contribution < -0.4 is 0 Å². The van der Waals surface area contributed by atoms with Gasteiger partial charge in [-0.15, -0.1) is 0 Å². The van der Waals surface area contributed by atoms with Crippen molar-refractivity contribution in [3.8, 4) is 11.4 Å². The Balaban J connectivity index is 1.47. The first-order chi connectivity index (χ1) is 10.8. The number of carbonyl (C=O) groups is 1. The Labute approximate surface area is 130 Å². The number of hydrogen-bond acceptors (Lipinski definition) is 7. The fourth-order valence-electron chi connectivity index (χ4n) is 1.78. The SMILES string of the molecule is O=C(CCc1nc(-c2ccsc2)no1)OCc1ccccn1. The molecule has 3 aromatic rings. The fourth-order valence-corrected chi connectivity index (χ4v) is 2.42. The Bertz CT molecular complexity index is 726. The summed E-state index contributed by atoms with van der Waals surface area (Å²) < 4.78 is 10.3. The average Bonchev–Trinajstić information content (AvgIpc) is 3.22. The molecule has 3 heterocycles. The molecular weight excluding hydrogens is 302 g/mol. The third kappa shape index (κ3) is 3.76. The molecule has 112 valence electrons. The minimum Gasteiger partial charge on any atom is -0.459 e. The smallest absolute Gasteiger partial charge is 0.306 e. The maximum atomic E-state index is 11.7. The standard InChI is InChI=1S/C15H13N3O3S/c19-14(20-9-12-3-1-2-7-16-12)5-4-13-17-15(18-21-13)11-6-8-22-10-11/h1-3,6-8,10H,4-5,9H2. The molecule has 22 heavy (non-hydrogen) atoms. The maximum absolute atomic E-state index is 11.7. The maximum Gasteiger partial charge on any atom is 0.306 e. The van der Waals surface area contributed by atoms with Crippen molar-refractivity contribution in [3.05, 3.63) is 52.8 Å². The molecule has 0 amide bonds. The van der Waals surface area contributed by atoms with Crippen LogP contribution in [0, 0.1) is 0 Å². The van der Waals surface area contributed by atoms with E-state index in [1.54, 1.807) is 23.6 Å². The zero-order chi connectivity index (χ0) is 15.2. The van der Waals surface area contributed by atoms with Crippen molar-refractivity contribution in [1.82, 2.24) is 15.1 Å². The molecule has 0 radical (unpaired) electrons. The molecule has 3 rings (SSSR count). The number of pyridine rings is 1. The van der Waals surface area contributed by atoms with E-state index in [2.05, 4.69) is 15.1 Å². The molecule has 6 nitrogen and oxygen atoms in total. The third-order valence-electron chi connectivity index (χ3n) is 2.90. The summed E-state index contributed by atoms with van der Waals surface area (Å²) in [6.45, 7) is 0.170. The molecule has 0 fully saturated rings. The van der Waals surface area contributed by atoms with Gasteiger partial charge in [-0.25, -0.2) is 0 Å². The summed E-state index contributed by atoms with van der Waals surface area (Å²) >= 11 is 1.56. The van der Waals surface area contributed by atoms with Crippen LogP contribution in [0.15, 0.2) is 45.7 Å². The van der Waals surface area contributed by atoms with Gasteiger partial charge in [-0.1, -0.05) is 11.2 Å². The van der Waals surface area contributed by atoms with Crippen LogP contribution in [0.5, 0.6) is 0 Å². The lowest BCUT2D eigenvalue weighted by molar-refractivity contribution is -0.145. The van der Waals surface area contributed by atoms with Crippen molar-refractivity contribution in [2.24, 2.45) is 0 Å². The third-order valence-corrected chi connectivity index (χ3v) is 3.58. The van der Waals surface area contributed by atoms with E-state index in [4.69, 9.17) is 9.26 Å². The molecule has 0 spiro atoms. The van der Waals surface area contributed by atoms with E-state index in [0.717, 1.165) is 5.56 Å². The van der Waals surface area contributed by atoms with Crippen LogP contribution in [0.2, 0.25) is 0 Å². The number of aromatic nitrogens is 3. The first-order valence-corrected chi connectivity index (χ1v) is 7.66. The Morgan fingerprint density at radius 3 is 3.05 bits per heavy atom. The summed E-state index contributed by atoms with van der Waals surface area (Å²) in [5.74, 6) is 0.648. The van der Waals surface area contributed by atoms with Crippen molar-refractivity contribution in [3.63, 3.8) is 0 Å². The normalized spacial score (nSPS) is 10.5. The minimum atomic E-state index is -0.319. The Morgan fingerprint density at radius 2 is 2.27 bits per heavy atom. The molecule has 7 heteroatoms. The van der Waals surface area contributed by atoms with Gasteiger partial charge >= 0.3 is 5.97 Å². The number of ether oxygens (including phenoxy) is 1. The summed E-state index contributed by atoms with van der Waals surface area (Å²) in [4.78, 5) is 20.0. The number of rotatable bonds is 6. The zero-order valence-corrected chi connectivity index (χ0v) is 12.5. The van der Waals surface area contributed by atoms with E-state index < -0.39 is 0 Å². The van der Waals surface area contributed by atoms with Gasteiger partial charge in [0, 0.05) is 23.6 Å². The predicted octanol–water partition coefficient (Wildman–Crippen LogP) is 2.87. The van der Waals surface area contributed by atoms with E-state index in [1.807, 2.05) is 29.0 Å². The number of esters is 1. The lowest BCUT2D eigenvalue weighted by Crippen LogP contribution is -2.06. The van der Waals surface area contributed by atoms with Gasteiger partial charge in [0.05, 0.1) is 12.1 Å². The second-order valence-electron chi connectivity index (χ2n) is 4.51. The van der Waals surface area contributed by atoms with Crippen LogP contribution >= 0.6 is 11.3 Å². The highest BCUT2D eigenvalue weighted by Crippen LogP contribution is 2.19. The highest BCUT2D eigenvalue weighted by Gasteiger charge is 2.11. The highest BCUT2D eigenvalue weighted by atomic mass is 32.1. The lowest BCUT2D eigenvalue weighted by Gasteiger charge is -2.02. The molecule has 0 aliphatic carbocycles. The van der Waals surface area contributed by atoms with Gasteiger partial charge in [0.15, 0.2) is 0 Å². The highest BCUT2D eigenvalue weighted by molar-refractivity contribution is 7.08. The van der Waals surface area contributed by atoms with Crippen molar-refractivity contribution in [2.45, 2.75) is 19.4 Å². The van der Waals surface area contributed by atoms with Crippen molar-refractivity contribution < 1.29 is 14.1 Å². The van der Waals surface area contributed by atoms with E-state index >= 15 is 0 Å². The quantitative estimate of drug-likeness (QED) is 0.651. The minimum absolute atomic E-state index is 0.170. The van der Waals surface area contributed by atoms with Crippen LogP contribution in [-0.2, 0) is 22.6 Å². The van der Waals surface area contributed by atoms with Gasteiger partial charge in [0.25, 0.3) is 0 Å². The molecule has 0 saturated carbocycles. The second-order valence-corrected chi connectivity index (χ2v) is 5.29. The van der Waals surface area contributed by atoms with Gasteiger partial charge < -0.3 is 9.26 Å².